The van der Waals surface area contributed by atoms with E-state index in [0.717, 1.165) is 32.1 Å². The first kappa shape index (κ1) is 24.0. The Morgan fingerprint density at radius 2 is 1.96 bits per heavy atom. The van der Waals surface area contributed by atoms with Crippen LogP contribution in [0.4, 0.5) is 0 Å². The predicted octanol–water partition coefficient (Wildman–Crippen LogP) is 3.63. The second-order valence-corrected chi connectivity index (χ2v) is 7.75. The van der Waals surface area contributed by atoms with Crippen molar-refractivity contribution in [2.75, 3.05) is 33.3 Å². The van der Waals surface area contributed by atoms with Crippen LogP contribution in [-0.2, 0) is 4.74 Å². The maximum atomic E-state index is 5.95. The summed E-state index contributed by atoms with van der Waals surface area (Å²) in [5, 5.41) is 7.27. The summed E-state index contributed by atoms with van der Waals surface area (Å²) in [6.07, 6.45) is 7.91. The zero-order valence-electron chi connectivity index (χ0n) is 17.5. The van der Waals surface area contributed by atoms with E-state index in [1.54, 1.807) is 0 Å². The Morgan fingerprint density at radius 1 is 1.27 bits per heavy atom. The van der Waals surface area contributed by atoms with Gasteiger partial charge >= 0.3 is 0 Å². The van der Waals surface area contributed by atoms with E-state index in [-0.39, 0.29) is 24.0 Å². The van der Waals surface area contributed by atoms with E-state index >= 15 is 0 Å². The molecular formula is C20H41IN4O. The fourth-order valence-corrected chi connectivity index (χ4v) is 4.44. The van der Waals surface area contributed by atoms with Crippen molar-refractivity contribution in [1.82, 2.24) is 15.5 Å². The van der Waals surface area contributed by atoms with E-state index in [2.05, 4.69) is 48.2 Å². The third kappa shape index (κ3) is 5.71. The largest absolute Gasteiger partial charge is 0.378 e. The van der Waals surface area contributed by atoms with Crippen molar-refractivity contribution in [2.45, 2.75) is 84.4 Å². The molecule has 2 N–H and O–H groups in total. The number of nitrogens with one attached hydrogen (secondary N) is 2. The van der Waals surface area contributed by atoms with Crippen LogP contribution in [0.3, 0.4) is 0 Å². The molecular weight excluding hydrogens is 439 g/mol. The van der Waals surface area contributed by atoms with Crippen LogP contribution < -0.4 is 10.6 Å². The summed E-state index contributed by atoms with van der Waals surface area (Å²) in [6, 6.07) is 0.966. The molecule has 1 spiro atoms. The van der Waals surface area contributed by atoms with Gasteiger partial charge in [0.15, 0.2) is 5.96 Å². The first-order chi connectivity index (χ1) is 12.1. The molecule has 0 heterocycles. The number of rotatable bonds is 10. The van der Waals surface area contributed by atoms with E-state index in [4.69, 9.17) is 4.74 Å². The molecule has 154 valence electrons. The summed E-state index contributed by atoms with van der Waals surface area (Å²) in [4.78, 5) is 6.95. The van der Waals surface area contributed by atoms with Gasteiger partial charge in [0.25, 0.3) is 0 Å². The van der Waals surface area contributed by atoms with Gasteiger partial charge in [-0.1, -0.05) is 20.3 Å². The van der Waals surface area contributed by atoms with Gasteiger partial charge in [-0.2, -0.15) is 0 Å². The van der Waals surface area contributed by atoms with Gasteiger partial charge in [-0.25, -0.2) is 0 Å². The van der Waals surface area contributed by atoms with E-state index in [0.29, 0.717) is 23.6 Å². The lowest BCUT2D eigenvalue weighted by Crippen LogP contribution is -2.68. The van der Waals surface area contributed by atoms with Gasteiger partial charge in [0, 0.05) is 31.2 Å². The Morgan fingerprint density at radius 3 is 2.46 bits per heavy atom. The lowest BCUT2D eigenvalue weighted by Gasteiger charge is -2.61. The van der Waals surface area contributed by atoms with Crippen molar-refractivity contribution in [1.29, 1.82) is 0 Å². The molecule has 3 unspecified atom stereocenters. The molecule has 3 atom stereocenters. The highest BCUT2D eigenvalue weighted by molar-refractivity contribution is 14.0. The quantitative estimate of drug-likeness (QED) is 0.285. The van der Waals surface area contributed by atoms with Crippen molar-refractivity contribution in [2.24, 2.45) is 10.4 Å². The Balaban J connectivity index is 0.00000338. The van der Waals surface area contributed by atoms with Crippen LogP contribution in [0.5, 0.6) is 0 Å². The number of hydrogen-bond donors (Lipinski definition) is 2. The molecule has 2 rings (SSSR count). The average Bonchev–Trinajstić information content (AvgIpc) is 2.55. The second-order valence-electron chi connectivity index (χ2n) is 7.75. The van der Waals surface area contributed by atoms with E-state index in [1.165, 1.54) is 38.6 Å². The third-order valence-electron chi connectivity index (χ3n) is 6.36. The molecule has 2 aliphatic rings. The van der Waals surface area contributed by atoms with Crippen LogP contribution in [0.15, 0.2) is 4.99 Å². The smallest absolute Gasteiger partial charge is 0.191 e. The van der Waals surface area contributed by atoms with Gasteiger partial charge in [0.1, 0.15) is 0 Å². The van der Waals surface area contributed by atoms with Crippen molar-refractivity contribution >= 4 is 29.9 Å². The molecule has 2 saturated carbocycles. The normalized spacial score (nSPS) is 25.2. The summed E-state index contributed by atoms with van der Waals surface area (Å²) < 4.78 is 5.95. The van der Waals surface area contributed by atoms with Crippen LogP contribution in [0.25, 0.3) is 0 Å². The van der Waals surface area contributed by atoms with Gasteiger partial charge in [-0.15, -0.1) is 24.0 Å². The highest BCUT2D eigenvalue weighted by Gasteiger charge is 2.59. The fraction of sp³-hybridized carbons (Fsp3) is 0.950. The topological polar surface area (TPSA) is 48.9 Å². The molecule has 0 aliphatic heterocycles. The third-order valence-corrected chi connectivity index (χ3v) is 6.36. The van der Waals surface area contributed by atoms with Crippen LogP contribution >= 0.6 is 24.0 Å². The number of halogens is 1. The molecule has 0 aromatic carbocycles. The summed E-state index contributed by atoms with van der Waals surface area (Å²) in [5.74, 6) is 0.960. The average molecular weight is 480 g/mol. The van der Waals surface area contributed by atoms with Crippen LogP contribution in [0.2, 0.25) is 0 Å². The van der Waals surface area contributed by atoms with E-state index in [9.17, 15) is 0 Å². The number of hydrogen-bond acceptors (Lipinski definition) is 3. The molecule has 26 heavy (non-hydrogen) atoms. The molecule has 5 nitrogen and oxygen atoms in total. The Hall–Kier alpha value is -0.0800. The number of guanidine groups is 1. The molecule has 0 amide bonds. The molecule has 0 aromatic heterocycles. The molecule has 0 radical (unpaired) electrons. The van der Waals surface area contributed by atoms with Gasteiger partial charge in [-0.3, -0.25) is 4.99 Å². The molecule has 6 heteroatoms. The SMILES string of the molecule is CCOC1CC(NC(=NC)NC(C)CCCN(CC)CC)C12CCC2.I. The Bertz CT molecular complexity index is 424. The highest BCUT2D eigenvalue weighted by Crippen LogP contribution is 2.57. The zero-order chi connectivity index (χ0) is 18.3. The number of nitrogens with zero attached hydrogens (tertiary/aromatic N) is 2. The van der Waals surface area contributed by atoms with Crippen molar-refractivity contribution in [3.63, 3.8) is 0 Å². The minimum Gasteiger partial charge on any atom is -0.378 e. The summed E-state index contributed by atoms with van der Waals surface area (Å²) in [7, 11) is 1.88. The lowest BCUT2D eigenvalue weighted by atomic mass is 9.51. The van der Waals surface area contributed by atoms with Crippen LogP contribution in [0.1, 0.15) is 66.2 Å². The first-order valence-corrected chi connectivity index (χ1v) is 10.4. The monoisotopic (exact) mass is 480 g/mol. The highest BCUT2D eigenvalue weighted by atomic mass is 127. The Kier molecular flexibility index (Phi) is 10.8. The van der Waals surface area contributed by atoms with Crippen molar-refractivity contribution in [3.8, 4) is 0 Å². The maximum absolute atomic E-state index is 5.95. The predicted molar refractivity (Wildman–Crippen MR) is 122 cm³/mol. The second kappa shape index (κ2) is 11.7. The van der Waals surface area contributed by atoms with E-state index < -0.39 is 0 Å². The van der Waals surface area contributed by atoms with Gasteiger partial charge in [-0.05, 0) is 65.6 Å². The van der Waals surface area contributed by atoms with Crippen LogP contribution in [0, 0.1) is 5.41 Å². The number of ether oxygens (including phenoxy) is 1. The lowest BCUT2D eigenvalue weighted by molar-refractivity contribution is -0.168. The maximum Gasteiger partial charge on any atom is 0.191 e. The van der Waals surface area contributed by atoms with E-state index in [1.807, 2.05) is 7.05 Å². The van der Waals surface area contributed by atoms with Gasteiger partial charge in [0.2, 0.25) is 0 Å². The number of aliphatic imine (C=N–C) groups is 1. The Labute approximate surface area is 178 Å². The molecule has 0 aromatic rings. The zero-order valence-corrected chi connectivity index (χ0v) is 19.8. The summed E-state index contributed by atoms with van der Waals surface area (Å²) in [6.45, 7) is 13.1. The fourth-order valence-electron chi connectivity index (χ4n) is 4.44. The van der Waals surface area contributed by atoms with Crippen LogP contribution in [-0.4, -0.2) is 62.3 Å². The molecule has 0 bridgehead atoms. The molecule has 0 saturated heterocycles. The van der Waals surface area contributed by atoms with Gasteiger partial charge < -0.3 is 20.3 Å². The van der Waals surface area contributed by atoms with Crippen molar-refractivity contribution in [3.05, 3.63) is 0 Å². The molecule has 2 aliphatic carbocycles. The minimum absolute atomic E-state index is 0. The first-order valence-electron chi connectivity index (χ1n) is 10.4. The summed E-state index contributed by atoms with van der Waals surface area (Å²) in [5.41, 5.74) is 0.375. The van der Waals surface area contributed by atoms with Gasteiger partial charge in [0.05, 0.1) is 6.10 Å². The molecule has 2 fully saturated rings. The summed E-state index contributed by atoms with van der Waals surface area (Å²) >= 11 is 0. The standard InChI is InChI=1S/C20H40N4O.HI/c1-6-24(7-2)14-9-11-16(4)22-19(21-5)23-17-15-18(25-8-3)20(17)12-10-13-20;/h16-18H,6-15H2,1-5H3,(H2,21,22,23);1H. The minimum atomic E-state index is 0. The van der Waals surface area contributed by atoms with Crippen molar-refractivity contribution < 1.29 is 4.74 Å².